The maximum atomic E-state index is 13.5. The van der Waals surface area contributed by atoms with E-state index in [1.807, 2.05) is 0 Å². The number of amidine groups is 1. The molecule has 0 aliphatic heterocycles. The number of nitrogens with two attached hydrogens (primary N) is 1. The van der Waals surface area contributed by atoms with E-state index < -0.39 is 0 Å². The van der Waals surface area contributed by atoms with Crippen molar-refractivity contribution in [3.05, 3.63) is 52.3 Å². The number of aryl methyl sites for hydroxylation is 1. The molecular weight excluding hydrogens is 315 g/mol. The van der Waals surface area contributed by atoms with Gasteiger partial charge in [0.1, 0.15) is 18.1 Å². The van der Waals surface area contributed by atoms with Gasteiger partial charge in [0.05, 0.1) is 12.5 Å². The summed E-state index contributed by atoms with van der Waals surface area (Å²) in [6.07, 6.45) is 3.17. The maximum absolute atomic E-state index is 13.5. The van der Waals surface area contributed by atoms with Crippen LogP contribution in [-0.4, -0.2) is 15.4 Å². The van der Waals surface area contributed by atoms with Gasteiger partial charge in [0.25, 0.3) is 0 Å². The van der Waals surface area contributed by atoms with E-state index in [1.165, 1.54) is 6.07 Å². The molecule has 0 saturated heterocycles. The van der Waals surface area contributed by atoms with Crippen LogP contribution < -0.4 is 5.73 Å². The summed E-state index contributed by atoms with van der Waals surface area (Å²) in [5, 5.41) is 3.75. The minimum atomic E-state index is -0.358. The SMILES string of the molecule is Cn1cncc1/C(N)=N/OCc1c(F)cccc1Br. The Hall–Kier alpha value is -1.89. The predicted molar refractivity (Wildman–Crippen MR) is 72.8 cm³/mol. The van der Waals surface area contributed by atoms with Crippen LogP contribution in [0.2, 0.25) is 0 Å². The number of rotatable bonds is 4. The molecule has 0 spiro atoms. The average Bonchev–Trinajstić information content (AvgIpc) is 2.79. The van der Waals surface area contributed by atoms with Crippen molar-refractivity contribution in [2.45, 2.75) is 6.61 Å². The molecule has 0 saturated carbocycles. The second kappa shape index (κ2) is 5.83. The highest BCUT2D eigenvalue weighted by molar-refractivity contribution is 9.10. The third-order valence-corrected chi connectivity index (χ3v) is 3.26. The van der Waals surface area contributed by atoms with Crippen molar-refractivity contribution in [2.75, 3.05) is 0 Å². The van der Waals surface area contributed by atoms with Gasteiger partial charge in [-0.1, -0.05) is 27.2 Å². The molecule has 2 aromatic rings. The smallest absolute Gasteiger partial charge is 0.188 e. The highest BCUT2D eigenvalue weighted by Crippen LogP contribution is 2.20. The fraction of sp³-hybridized carbons (Fsp3) is 0.167. The first kappa shape index (κ1) is 13.5. The van der Waals surface area contributed by atoms with Gasteiger partial charge in [-0.2, -0.15) is 0 Å². The minimum Gasteiger partial charge on any atom is -0.389 e. The normalized spacial score (nSPS) is 11.6. The molecular formula is C12H12BrFN4O. The number of imidazole rings is 1. The number of hydrogen-bond acceptors (Lipinski definition) is 3. The lowest BCUT2D eigenvalue weighted by molar-refractivity contribution is 0.127. The van der Waals surface area contributed by atoms with Gasteiger partial charge in [-0.3, -0.25) is 0 Å². The maximum Gasteiger partial charge on any atom is 0.188 e. The summed E-state index contributed by atoms with van der Waals surface area (Å²) in [5.41, 5.74) is 6.76. The van der Waals surface area contributed by atoms with Crippen LogP contribution in [0.1, 0.15) is 11.3 Å². The lowest BCUT2D eigenvalue weighted by Gasteiger charge is -2.05. The molecule has 0 amide bonds. The number of aromatic nitrogens is 2. The summed E-state index contributed by atoms with van der Waals surface area (Å²) in [6, 6.07) is 4.70. The van der Waals surface area contributed by atoms with Gasteiger partial charge in [-0.25, -0.2) is 9.37 Å². The lowest BCUT2D eigenvalue weighted by Crippen LogP contribution is -2.17. The zero-order valence-corrected chi connectivity index (χ0v) is 11.8. The van der Waals surface area contributed by atoms with Gasteiger partial charge in [-0.05, 0) is 12.1 Å². The molecule has 0 unspecified atom stereocenters. The molecule has 1 aromatic carbocycles. The summed E-state index contributed by atoms with van der Waals surface area (Å²) < 4.78 is 15.8. The van der Waals surface area contributed by atoms with Gasteiger partial charge in [0.15, 0.2) is 5.84 Å². The Morgan fingerprint density at radius 1 is 1.58 bits per heavy atom. The Bertz CT molecular complexity index is 591. The molecule has 19 heavy (non-hydrogen) atoms. The first-order valence-corrected chi connectivity index (χ1v) is 6.24. The predicted octanol–water partition coefficient (Wildman–Crippen LogP) is 2.16. The molecule has 1 heterocycles. The van der Waals surface area contributed by atoms with E-state index in [9.17, 15) is 4.39 Å². The number of oxime groups is 1. The zero-order chi connectivity index (χ0) is 13.8. The topological polar surface area (TPSA) is 65.4 Å². The van der Waals surface area contributed by atoms with Crippen LogP contribution >= 0.6 is 15.9 Å². The largest absolute Gasteiger partial charge is 0.389 e. The summed E-state index contributed by atoms with van der Waals surface area (Å²) in [5.74, 6) is -0.170. The second-order valence-corrected chi connectivity index (χ2v) is 4.69. The van der Waals surface area contributed by atoms with Crippen LogP contribution in [0.4, 0.5) is 4.39 Å². The molecule has 0 aliphatic carbocycles. The quantitative estimate of drug-likeness (QED) is 0.532. The standard InChI is InChI=1S/C12H12BrFN4O/c1-18-7-16-5-11(18)12(15)17-19-6-8-9(13)3-2-4-10(8)14/h2-5,7H,6H2,1H3,(H2,15,17). The Morgan fingerprint density at radius 2 is 2.37 bits per heavy atom. The van der Waals surface area contributed by atoms with E-state index in [0.717, 1.165) is 0 Å². The molecule has 100 valence electrons. The highest BCUT2D eigenvalue weighted by atomic mass is 79.9. The summed E-state index contributed by atoms with van der Waals surface area (Å²) in [4.78, 5) is 8.99. The van der Waals surface area contributed by atoms with Crippen molar-refractivity contribution in [3.63, 3.8) is 0 Å². The van der Waals surface area contributed by atoms with Crippen LogP contribution in [0.15, 0.2) is 40.4 Å². The fourth-order valence-electron chi connectivity index (χ4n) is 1.49. The van der Waals surface area contributed by atoms with Crippen LogP contribution in [0.5, 0.6) is 0 Å². The first-order chi connectivity index (χ1) is 9.09. The highest BCUT2D eigenvalue weighted by Gasteiger charge is 2.08. The van der Waals surface area contributed by atoms with Crippen molar-refractivity contribution in [1.82, 2.24) is 9.55 Å². The average molecular weight is 327 g/mol. The van der Waals surface area contributed by atoms with Crippen molar-refractivity contribution in [1.29, 1.82) is 0 Å². The Balaban J connectivity index is 2.06. The Kier molecular flexibility index (Phi) is 4.16. The van der Waals surface area contributed by atoms with Crippen LogP contribution in [0.25, 0.3) is 0 Å². The van der Waals surface area contributed by atoms with E-state index in [1.54, 1.807) is 36.3 Å². The summed E-state index contributed by atoms with van der Waals surface area (Å²) in [7, 11) is 1.79. The number of hydrogen-bond donors (Lipinski definition) is 1. The molecule has 0 fully saturated rings. The number of benzene rings is 1. The van der Waals surface area contributed by atoms with E-state index in [4.69, 9.17) is 10.6 Å². The Morgan fingerprint density at radius 3 is 3.00 bits per heavy atom. The molecule has 2 N–H and O–H groups in total. The fourth-order valence-corrected chi connectivity index (χ4v) is 1.94. The minimum absolute atomic E-state index is 0.00813. The van der Waals surface area contributed by atoms with Crippen molar-refractivity contribution < 1.29 is 9.23 Å². The molecule has 0 atom stereocenters. The second-order valence-electron chi connectivity index (χ2n) is 3.84. The van der Waals surface area contributed by atoms with Gasteiger partial charge in [-0.15, -0.1) is 0 Å². The van der Waals surface area contributed by atoms with Gasteiger partial charge >= 0.3 is 0 Å². The third kappa shape index (κ3) is 3.11. The number of nitrogens with zero attached hydrogens (tertiary/aromatic N) is 3. The van der Waals surface area contributed by atoms with E-state index in [0.29, 0.717) is 15.7 Å². The van der Waals surface area contributed by atoms with Crippen molar-refractivity contribution >= 4 is 21.8 Å². The molecule has 0 radical (unpaired) electrons. The summed E-state index contributed by atoms with van der Waals surface area (Å²) in [6.45, 7) is -0.00813. The van der Waals surface area contributed by atoms with E-state index in [-0.39, 0.29) is 18.3 Å². The molecule has 0 bridgehead atoms. The first-order valence-electron chi connectivity index (χ1n) is 5.44. The monoisotopic (exact) mass is 326 g/mol. The molecule has 2 rings (SSSR count). The zero-order valence-electron chi connectivity index (χ0n) is 10.2. The van der Waals surface area contributed by atoms with Crippen LogP contribution in [0, 0.1) is 5.82 Å². The molecule has 7 heteroatoms. The Labute approximate surface area is 118 Å². The molecule has 5 nitrogen and oxygen atoms in total. The van der Waals surface area contributed by atoms with Crippen LogP contribution in [-0.2, 0) is 18.5 Å². The summed E-state index contributed by atoms with van der Waals surface area (Å²) >= 11 is 3.25. The van der Waals surface area contributed by atoms with Crippen LogP contribution in [0.3, 0.4) is 0 Å². The molecule has 0 aliphatic rings. The van der Waals surface area contributed by atoms with E-state index >= 15 is 0 Å². The number of halogens is 2. The van der Waals surface area contributed by atoms with E-state index in [2.05, 4.69) is 26.1 Å². The van der Waals surface area contributed by atoms with Gasteiger partial charge < -0.3 is 15.1 Å². The lowest BCUT2D eigenvalue weighted by atomic mass is 10.2. The van der Waals surface area contributed by atoms with Gasteiger partial charge in [0, 0.05) is 17.1 Å². The third-order valence-electron chi connectivity index (χ3n) is 2.51. The van der Waals surface area contributed by atoms with Gasteiger partial charge in [0.2, 0.25) is 0 Å². The van der Waals surface area contributed by atoms with Crippen molar-refractivity contribution in [2.24, 2.45) is 17.9 Å². The van der Waals surface area contributed by atoms with Crippen molar-refractivity contribution in [3.8, 4) is 0 Å². The molecule has 1 aromatic heterocycles.